The normalized spacial score (nSPS) is 23.5. The van der Waals surface area contributed by atoms with Crippen LogP contribution in [0.3, 0.4) is 0 Å². The van der Waals surface area contributed by atoms with Crippen LogP contribution in [-0.2, 0) is 21.1 Å². The van der Waals surface area contributed by atoms with Crippen molar-refractivity contribution in [2.24, 2.45) is 0 Å². The monoisotopic (exact) mass is 440 g/mol. The fourth-order valence-corrected chi connectivity index (χ4v) is 5.50. The largest absolute Gasteiger partial charge is 0.535 e. The first-order valence-electron chi connectivity index (χ1n) is 9.98. The molecule has 0 aromatic heterocycles. The van der Waals surface area contributed by atoms with E-state index in [1.165, 1.54) is 4.90 Å². The van der Waals surface area contributed by atoms with E-state index in [0.29, 0.717) is 19.3 Å². The van der Waals surface area contributed by atoms with Crippen LogP contribution in [0, 0.1) is 0 Å². The smallest absolute Gasteiger partial charge is 0.522 e. The first kappa shape index (κ1) is 21.4. The van der Waals surface area contributed by atoms with Gasteiger partial charge in [-0.3, -0.25) is 4.79 Å². The van der Waals surface area contributed by atoms with Gasteiger partial charge in [-0.15, -0.1) is 0 Å². The molecule has 0 aliphatic carbocycles. The molecule has 1 amide bonds. The number of carbonyl (C=O) groups is 1. The van der Waals surface area contributed by atoms with Gasteiger partial charge in [-0.05, 0) is 24.4 Å². The highest BCUT2D eigenvalue weighted by Crippen LogP contribution is 2.40. The van der Waals surface area contributed by atoms with Gasteiger partial charge in [0, 0.05) is 19.5 Å². The van der Waals surface area contributed by atoms with E-state index in [4.69, 9.17) is 9.39 Å². The maximum Gasteiger partial charge on any atom is 0.522 e. The van der Waals surface area contributed by atoms with Crippen molar-refractivity contribution in [3.8, 4) is 11.5 Å². The number of hydrogen-bond donors (Lipinski definition) is 4. The number of fused-ring (bicyclic) bond motifs is 1. The summed E-state index contributed by atoms with van der Waals surface area (Å²) in [6.07, 6.45) is -1.31. The maximum atomic E-state index is 12.4. The van der Waals surface area contributed by atoms with Gasteiger partial charge in [0.25, 0.3) is 0 Å². The van der Waals surface area contributed by atoms with Crippen molar-refractivity contribution in [1.29, 1.82) is 0 Å². The van der Waals surface area contributed by atoms with Gasteiger partial charge in [0.05, 0.1) is 29.7 Å². The summed E-state index contributed by atoms with van der Waals surface area (Å²) in [6.45, 7) is 1.24. The maximum absolute atomic E-state index is 12.4. The molecule has 4 N–H and O–H groups in total. The van der Waals surface area contributed by atoms with Gasteiger partial charge in [-0.25, -0.2) is 8.42 Å². The molecular formula is C18H25BN2O8S. The van der Waals surface area contributed by atoms with E-state index in [0.717, 1.165) is 5.56 Å². The molecule has 2 fully saturated rings. The molecule has 1 aromatic carbocycles. The van der Waals surface area contributed by atoms with E-state index in [2.05, 4.69) is 5.32 Å². The Labute approximate surface area is 174 Å². The third-order valence-electron chi connectivity index (χ3n) is 5.75. The van der Waals surface area contributed by atoms with Crippen LogP contribution in [0.4, 0.5) is 0 Å². The van der Waals surface area contributed by atoms with Crippen LogP contribution in [0.15, 0.2) is 12.1 Å². The van der Waals surface area contributed by atoms with Gasteiger partial charge >= 0.3 is 7.12 Å². The van der Waals surface area contributed by atoms with Gasteiger partial charge in [-0.1, -0.05) is 6.07 Å². The molecule has 4 rings (SSSR count). The third kappa shape index (κ3) is 4.28. The summed E-state index contributed by atoms with van der Waals surface area (Å²) in [4.78, 5) is 14.0. The zero-order valence-corrected chi connectivity index (χ0v) is 17.2. The van der Waals surface area contributed by atoms with Crippen molar-refractivity contribution in [3.05, 3.63) is 23.3 Å². The molecular weight excluding hydrogens is 415 g/mol. The first-order chi connectivity index (χ1) is 14.2. The topological polar surface area (TPSA) is 146 Å². The molecule has 1 unspecified atom stereocenters. The minimum Gasteiger partial charge on any atom is -0.535 e. The number of hydrogen-bond acceptors (Lipinski definition) is 9. The number of nitrogens with zero attached hydrogens (tertiary/aromatic N) is 1. The van der Waals surface area contributed by atoms with Gasteiger partial charge in [0.1, 0.15) is 17.6 Å². The fraction of sp³-hybridized carbons (Fsp3) is 0.611. The molecule has 0 bridgehead atoms. The molecule has 1 atom stereocenters. The highest BCUT2D eigenvalue weighted by molar-refractivity contribution is 7.92. The predicted octanol–water partition coefficient (Wildman–Crippen LogP) is -1.55. The number of nitrogens with one attached hydrogen (secondary N) is 1. The number of carbonyl (C=O) groups excluding carboxylic acids is 1. The molecule has 10 nitrogen and oxygen atoms in total. The first-order valence-corrected chi connectivity index (χ1v) is 11.7. The van der Waals surface area contributed by atoms with Crippen LogP contribution < -0.4 is 14.7 Å². The van der Waals surface area contributed by atoms with E-state index < -0.39 is 28.5 Å². The molecule has 164 valence electrons. The van der Waals surface area contributed by atoms with Crippen LogP contribution in [0.5, 0.6) is 11.5 Å². The summed E-state index contributed by atoms with van der Waals surface area (Å²) in [5.74, 6) is 0.224. The van der Waals surface area contributed by atoms with Crippen LogP contribution >= 0.6 is 0 Å². The molecule has 3 aliphatic heterocycles. The zero-order valence-electron chi connectivity index (χ0n) is 16.4. The molecule has 1 aromatic rings. The number of aliphatic hydroxyl groups excluding tert-OH is 1. The lowest BCUT2D eigenvalue weighted by molar-refractivity contribution is -0.140. The molecule has 3 heterocycles. The number of sulfone groups is 1. The molecule has 30 heavy (non-hydrogen) atoms. The van der Waals surface area contributed by atoms with Crippen molar-refractivity contribution >= 4 is 22.9 Å². The third-order valence-corrected chi connectivity index (χ3v) is 7.87. The summed E-state index contributed by atoms with van der Waals surface area (Å²) in [5.41, 5.74) is 0.805. The number of rotatable bonds is 5. The second kappa shape index (κ2) is 8.35. The average Bonchev–Trinajstić information content (AvgIpc) is 2.65. The Balaban J connectivity index is 1.38. The van der Waals surface area contributed by atoms with Crippen LogP contribution in [0.25, 0.3) is 0 Å². The number of benzene rings is 1. The van der Waals surface area contributed by atoms with Crippen molar-refractivity contribution in [2.75, 3.05) is 31.9 Å². The minimum atomic E-state index is -3.26. The Morgan fingerprint density at radius 3 is 2.83 bits per heavy atom. The number of likely N-dealkylation sites (tertiary alicyclic amines) is 1. The lowest BCUT2D eigenvalue weighted by Crippen LogP contribution is -2.57. The summed E-state index contributed by atoms with van der Waals surface area (Å²) in [7, 11) is -4.28. The Kier molecular flexibility index (Phi) is 5.95. The highest BCUT2D eigenvalue weighted by Gasteiger charge is 2.38. The van der Waals surface area contributed by atoms with Gasteiger partial charge in [0.2, 0.25) is 5.91 Å². The van der Waals surface area contributed by atoms with Crippen LogP contribution in [-0.4, -0.2) is 84.9 Å². The Hall–Kier alpha value is -1.86. The van der Waals surface area contributed by atoms with Gasteiger partial charge in [0.15, 0.2) is 16.1 Å². The summed E-state index contributed by atoms with van der Waals surface area (Å²) >= 11 is 0. The average molecular weight is 440 g/mol. The van der Waals surface area contributed by atoms with Gasteiger partial charge in [-0.2, -0.15) is 0 Å². The number of ether oxygens (including phenoxy) is 1. The molecule has 12 heteroatoms. The highest BCUT2D eigenvalue weighted by atomic mass is 32.2. The van der Waals surface area contributed by atoms with Crippen LogP contribution in [0.1, 0.15) is 23.8 Å². The van der Waals surface area contributed by atoms with Crippen molar-refractivity contribution in [3.63, 3.8) is 0 Å². The molecule has 0 spiro atoms. The molecule has 2 saturated heterocycles. The van der Waals surface area contributed by atoms with Crippen molar-refractivity contribution in [2.45, 2.75) is 36.8 Å². The van der Waals surface area contributed by atoms with Gasteiger partial charge < -0.3 is 34.8 Å². The van der Waals surface area contributed by atoms with E-state index in [9.17, 15) is 28.4 Å². The minimum absolute atomic E-state index is 0.0397. The zero-order chi connectivity index (χ0) is 21.5. The Bertz CT molecular complexity index is 919. The Morgan fingerprint density at radius 1 is 1.37 bits per heavy atom. The lowest BCUT2D eigenvalue weighted by Gasteiger charge is -2.40. The standard InChI is InChI=1S/C18H25BN2O8S/c22-15(7-13-8-20-5-6-30(13,26)27)21-9-12(10-21)28-14-2-1-11-3-4-19(25)29-17(11)16(14)18(23)24/h1-2,12-13,18,20,23-25H,3-10H2. The summed E-state index contributed by atoms with van der Waals surface area (Å²) < 4.78 is 35.4. The van der Waals surface area contributed by atoms with E-state index in [-0.39, 0.29) is 60.9 Å². The van der Waals surface area contributed by atoms with Crippen molar-refractivity contribution in [1.82, 2.24) is 10.2 Å². The quantitative estimate of drug-likeness (QED) is 0.316. The molecule has 0 radical (unpaired) electrons. The molecule has 3 aliphatic rings. The number of aryl methyl sites for hydroxylation is 1. The van der Waals surface area contributed by atoms with Crippen LogP contribution in [0.2, 0.25) is 6.32 Å². The molecule has 0 saturated carbocycles. The van der Waals surface area contributed by atoms with E-state index in [1.807, 2.05) is 0 Å². The second-order valence-corrected chi connectivity index (χ2v) is 10.3. The lowest BCUT2D eigenvalue weighted by atomic mass is 9.78. The fourth-order valence-electron chi connectivity index (χ4n) is 3.97. The van der Waals surface area contributed by atoms with Crippen molar-refractivity contribution < 1.29 is 37.8 Å². The number of aliphatic hydroxyl groups is 2. The second-order valence-electron chi connectivity index (χ2n) is 7.89. The van der Waals surface area contributed by atoms with E-state index >= 15 is 0 Å². The SMILES string of the molecule is O=C(CC1CNCCS1(=O)=O)N1CC(Oc2ccc3c(c2C(O)O)OB(O)CC3)C1. The number of amides is 1. The summed E-state index contributed by atoms with van der Waals surface area (Å²) in [5, 5.41) is 31.7. The predicted molar refractivity (Wildman–Crippen MR) is 107 cm³/mol. The van der Waals surface area contributed by atoms with E-state index in [1.54, 1.807) is 12.1 Å². The summed E-state index contributed by atoms with van der Waals surface area (Å²) in [6, 6.07) is 3.38. The Morgan fingerprint density at radius 2 is 2.13 bits per heavy atom.